The van der Waals surface area contributed by atoms with E-state index < -0.39 is 11.7 Å². The number of hydrogen-bond donors (Lipinski definition) is 1. The number of carbonyl (C=O) groups excluding carboxylic acids is 2. The number of thiophene rings is 1. The molecule has 0 aliphatic rings. The smallest absolute Gasteiger partial charge is 0.348 e. The normalized spacial score (nSPS) is 12.4. The number of benzene rings is 1. The first-order valence-corrected chi connectivity index (χ1v) is 8.78. The van der Waals surface area contributed by atoms with Crippen LogP contribution >= 0.6 is 11.3 Å². The summed E-state index contributed by atoms with van der Waals surface area (Å²) in [6, 6.07) is 6.27. The third-order valence-electron chi connectivity index (χ3n) is 3.80. The van der Waals surface area contributed by atoms with Crippen LogP contribution in [0.5, 0.6) is 0 Å². The van der Waals surface area contributed by atoms with Crippen LogP contribution in [0.1, 0.15) is 40.3 Å². The Bertz CT molecular complexity index is 1050. The zero-order valence-electron chi connectivity index (χ0n) is 14.2. The third kappa shape index (κ3) is 3.78. The maximum Gasteiger partial charge on any atom is 0.348 e. The van der Waals surface area contributed by atoms with Crippen LogP contribution in [0.2, 0.25) is 0 Å². The van der Waals surface area contributed by atoms with Crippen molar-refractivity contribution in [1.29, 1.82) is 0 Å². The van der Waals surface area contributed by atoms with Crippen molar-refractivity contribution in [2.75, 3.05) is 0 Å². The van der Waals surface area contributed by atoms with Crippen LogP contribution in [0.15, 0.2) is 44.9 Å². The predicted octanol–water partition coefficient (Wildman–Crippen LogP) is 3.26. The summed E-state index contributed by atoms with van der Waals surface area (Å²) in [7, 11) is 0. The van der Waals surface area contributed by atoms with Gasteiger partial charge in [-0.25, -0.2) is 9.78 Å². The Hall–Kier alpha value is -3.06. The van der Waals surface area contributed by atoms with Crippen LogP contribution in [0.4, 0.5) is 0 Å². The fraction of sp³-hybridized carbons (Fsp3) is 0.158. The second-order valence-electron chi connectivity index (χ2n) is 5.79. The summed E-state index contributed by atoms with van der Waals surface area (Å²) in [6.45, 7) is 3.52. The molecule has 1 N–H and O–H groups in total. The van der Waals surface area contributed by atoms with Crippen molar-refractivity contribution in [1.82, 2.24) is 10.3 Å². The van der Waals surface area contributed by atoms with Crippen molar-refractivity contribution in [2.24, 2.45) is 0 Å². The molecule has 1 atom stereocenters. The van der Waals surface area contributed by atoms with Gasteiger partial charge in [-0.15, -0.1) is 11.3 Å². The topological polar surface area (TPSA) is 89.3 Å². The second kappa shape index (κ2) is 7.45. The number of nitrogens with one attached hydrogen (secondary N) is 1. The second-order valence-corrected chi connectivity index (χ2v) is 6.64. The highest BCUT2D eigenvalue weighted by atomic mass is 32.1. The minimum Gasteiger partial charge on any atom is -0.406 e. The Balaban J connectivity index is 1.71. The van der Waals surface area contributed by atoms with E-state index in [0.29, 0.717) is 15.8 Å². The highest BCUT2D eigenvalue weighted by Gasteiger charge is 2.16. The van der Waals surface area contributed by atoms with Gasteiger partial charge >= 0.3 is 5.63 Å². The molecule has 6 nitrogen and oxygen atoms in total. The molecule has 0 bridgehead atoms. The third-order valence-corrected chi connectivity index (χ3v) is 4.79. The van der Waals surface area contributed by atoms with E-state index in [9.17, 15) is 14.4 Å². The Kier molecular flexibility index (Phi) is 5.09. The van der Waals surface area contributed by atoms with Gasteiger partial charge in [0, 0.05) is 11.6 Å². The van der Waals surface area contributed by atoms with Crippen LogP contribution in [-0.4, -0.2) is 17.2 Å². The van der Waals surface area contributed by atoms with Crippen molar-refractivity contribution < 1.29 is 14.0 Å². The maximum absolute atomic E-state index is 12.1. The molecule has 0 fully saturated rings. The van der Waals surface area contributed by atoms with Gasteiger partial charge in [-0.2, -0.15) is 0 Å². The Morgan fingerprint density at radius 1 is 1.27 bits per heavy atom. The number of fused-ring (bicyclic) bond motifs is 1. The number of nitrogens with zero attached hydrogens (tertiary/aromatic N) is 1. The first-order chi connectivity index (χ1) is 12.5. The number of aldehydes is 1. The zero-order valence-corrected chi connectivity index (χ0v) is 15.0. The summed E-state index contributed by atoms with van der Waals surface area (Å²) in [5, 5.41) is 5.05. The number of aryl methyl sites for hydroxylation is 1. The standard InChI is InChI=1S/C19H16N2O4S/c1-11-10-26-18-16(11)19(24)25-17(21-18)12(2)20-15(23)8-7-13-3-5-14(9-22)6-4-13/h3-10,12H,1-2H3,(H,20,23)/b8-7+. The molecule has 2 aromatic heterocycles. The first kappa shape index (κ1) is 17.8. The molecule has 0 saturated carbocycles. The predicted molar refractivity (Wildman–Crippen MR) is 100 cm³/mol. The largest absolute Gasteiger partial charge is 0.406 e. The molecule has 0 radical (unpaired) electrons. The Morgan fingerprint density at radius 2 is 1.96 bits per heavy atom. The molecule has 2 heterocycles. The van der Waals surface area contributed by atoms with Crippen molar-refractivity contribution >= 4 is 39.8 Å². The lowest BCUT2D eigenvalue weighted by Crippen LogP contribution is -2.26. The molecular weight excluding hydrogens is 352 g/mol. The molecule has 132 valence electrons. The summed E-state index contributed by atoms with van der Waals surface area (Å²) in [5.74, 6) is -0.176. The van der Waals surface area contributed by atoms with E-state index in [4.69, 9.17) is 4.42 Å². The van der Waals surface area contributed by atoms with Gasteiger partial charge in [0.15, 0.2) is 0 Å². The van der Waals surface area contributed by atoms with Gasteiger partial charge in [-0.05, 0) is 36.4 Å². The monoisotopic (exact) mass is 368 g/mol. The summed E-state index contributed by atoms with van der Waals surface area (Å²) in [4.78, 5) is 39.7. The number of aromatic nitrogens is 1. The maximum atomic E-state index is 12.1. The van der Waals surface area contributed by atoms with Crippen molar-refractivity contribution in [3.05, 3.63) is 68.7 Å². The molecule has 1 aromatic carbocycles. The summed E-state index contributed by atoms with van der Waals surface area (Å²) >= 11 is 1.37. The van der Waals surface area contributed by atoms with Gasteiger partial charge in [0.1, 0.15) is 17.2 Å². The fourth-order valence-electron chi connectivity index (χ4n) is 2.40. The molecule has 0 spiro atoms. The lowest BCUT2D eigenvalue weighted by Gasteiger charge is -2.10. The van der Waals surface area contributed by atoms with Gasteiger partial charge in [0.25, 0.3) is 0 Å². The van der Waals surface area contributed by atoms with Crippen molar-refractivity contribution in [2.45, 2.75) is 19.9 Å². The van der Waals surface area contributed by atoms with Crippen LogP contribution < -0.4 is 10.9 Å². The van der Waals surface area contributed by atoms with Crippen LogP contribution in [0.25, 0.3) is 16.3 Å². The number of amides is 1. The van der Waals surface area contributed by atoms with Crippen molar-refractivity contribution in [3.63, 3.8) is 0 Å². The number of rotatable bonds is 5. The summed E-state index contributed by atoms with van der Waals surface area (Å²) in [5.41, 5.74) is 1.74. The zero-order chi connectivity index (χ0) is 18.7. The van der Waals surface area contributed by atoms with Crippen LogP contribution in [0.3, 0.4) is 0 Å². The van der Waals surface area contributed by atoms with Gasteiger partial charge in [-0.3, -0.25) is 9.59 Å². The quantitative estimate of drug-likeness (QED) is 0.551. The van der Waals surface area contributed by atoms with Gasteiger partial charge in [-0.1, -0.05) is 24.3 Å². The van der Waals surface area contributed by atoms with E-state index in [-0.39, 0.29) is 11.8 Å². The minimum absolute atomic E-state index is 0.168. The first-order valence-electron chi connectivity index (χ1n) is 7.90. The van der Waals surface area contributed by atoms with E-state index in [1.165, 1.54) is 17.4 Å². The molecular formula is C19H16N2O4S. The van der Waals surface area contributed by atoms with Crippen LogP contribution in [-0.2, 0) is 4.79 Å². The Morgan fingerprint density at radius 3 is 2.65 bits per heavy atom. The van der Waals surface area contributed by atoms with Gasteiger partial charge in [0.2, 0.25) is 11.8 Å². The van der Waals surface area contributed by atoms with Crippen molar-refractivity contribution in [3.8, 4) is 0 Å². The fourth-order valence-corrected chi connectivity index (χ4v) is 3.31. The van der Waals surface area contributed by atoms with Gasteiger partial charge < -0.3 is 9.73 Å². The Labute approximate surface area is 153 Å². The molecule has 7 heteroatoms. The molecule has 0 aliphatic heterocycles. The summed E-state index contributed by atoms with van der Waals surface area (Å²) in [6.07, 6.45) is 3.76. The highest BCUT2D eigenvalue weighted by molar-refractivity contribution is 7.16. The average molecular weight is 368 g/mol. The van der Waals surface area contributed by atoms with Crippen LogP contribution in [0, 0.1) is 6.92 Å². The minimum atomic E-state index is -0.552. The molecule has 1 amide bonds. The highest BCUT2D eigenvalue weighted by Crippen LogP contribution is 2.22. The molecule has 0 aliphatic carbocycles. The van der Waals surface area contributed by atoms with E-state index in [2.05, 4.69) is 10.3 Å². The average Bonchev–Trinajstić information content (AvgIpc) is 3.02. The number of carbonyl (C=O) groups is 2. The molecule has 26 heavy (non-hydrogen) atoms. The van der Waals surface area contributed by atoms with E-state index >= 15 is 0 Å². The molecule has 1 unspecified atom stereocenters. The molecule has 0 saturated heterocycles. The number of hydrogen-bond acceptors (Lipinski definition) is 6. The van der Waals surface area contributed by atoms with E-state index in [1.54, 1.807) is 37.3 Å². The molecule has 3 aromatic rings. The van der Waals surface area contributed by atoms with E-state index in [0.717, 1.165) is 17.4 Å². The van der Waals surface area contributed by atoms with Gasteiger partial charge in [0.05, 0.1) is 5.39 Å². The SMILES string of the molecule is Cc1csc2nc(C(C)NC(=O)/C=C/c3ccc(C=O)cc3)oc(=O)c12. The molecule has 3 rings (SSSR count). The lowest BCUT2D eigenvalue weighted by atomic mass is 10.1. The summed E-state index contributed by atoms with van der Waals surface area (Å²) < 4.78 is 5.25. The van der Waals surface area contributed by atoms with E-state index in [1.807, 2.05) is 12.3 Å². The lowest BCUT2D eigenvalue weighted by molar-refractivity contribution is -0.117.